The van der Waals surface area contributed by atoms with E-state index in [1.807, 2.05) is 43.0 Å². The van der Waals surface area contributed by atoms with Gasteiger partial charge < -0.3 is 14.9 Å². The molecule has 0 spiro atoms. The Hall–Kier alpha value is -1.59. The van der Waals surface area contributed by atoms with Crippen LogP contribution in [0, 0.1) is 17.3 Å². The lowest BCUT2D eigenvalue weighted by Gasteiger charge is -2.26. The third-order valence-electron chi connectivity index (χ3n) is 5.84. The molecule has 1 aliphatic heterocycles. The fourth-order valence-corrected chi connectivity index (χ4v) is 4.23. The van der Waals surface area contributed by atoms with Gasteiger partial charge in [-0.1, -0.05) is 37.6 Å². The lowest BCUT2D eigenvalue weighted by molar-refractivity contribution is -0.142. The standard InChI is InChI=1S/C20H27ClN2O3/c1-20(2)16(17(20)19(25)26)18(24)23(12-11-22-9-3-4-10-22)13-14-5-7-15(21)8-6-14/h5-8,16-17H,3-4,9-13H2,1-2H3,(H,25,26)/t16-,17+/m1/s1. The zero-order valence-corrected chi connectivity index (χ0v) is 16.2. The maximum absolute atomic E-state index is 13.1. The minimum Gasteiger partial charge on any atom is -0.481 e. The molecule has 1 aromatic rings. The average molecular weight is 379 g/mol. The number of halogens is 1. The van der Waals surface area contributed by atoms with Crippen LogP contribution in [0.1, 0.15) is 32.3 Å². The monoisotopic (exact) mass is 378 g/mol. The van der Waals surface area contributed by atoms with Gasteiger partial charge in [0.2, 0.25) is 5.91 Å². The van der Waals surface area contributed by atoms with Crippen LogP contribution in [0.2, 0.25) is 5.02 Å². The second-order valence-electron chi connectivity index (χ2n) is 8.05. The van der Waals surface area contributed by atoms with E-state index in [9.17, 15) is 14.7 Å². The normalized spacial score (nSPS) is 24.4. The number of nitrogens with zero attached hydrogens (tertiary/aromatic N) is 2. The fourth-order valence-electron chi connectivity index (χ4n) is 4.10. The summed E-state index contributed by atoms with van der Waals surface area (Å²) in [6, 6.07) is 7.48. The number of aliphatic carboxylic acids is 1. The second kappa shape index (κ2) is 7.57. The van der Waals surface area contributed by atoms with Crippen LogP contribution in [0.25, 0.3) is 0 Å². The van der Waals surface area contributed by atoms with Crippen molar-refractivity contribution < 1.29 is 14.7 Å². The van der Waals surface area contributed by atoms with Gasteiger partial charge in [0.25, 0.3) is 0 Å². The minimum absolute atomic E-state index is 0.0449. The Morgan fingerprint density at radius 2 is 1.81 bits per heavy atom. The van der Waals surface area contributed by atoms with E-state index in [-0.39, 0.29) is 5.91 Å². The minimum atomic E-state index is -0.876. The molecule has 1 amide bonds. The molecular formula is C20H27ClN2O3. The highest BCUT2D eigenvalue weighted by atomic mass is 35.5. The van der Waals surface area contributed by atoms with E-state index >= 15 is 0 Å². The van der Waals surface area contributed by atoms with Gasteiger partial charge >= 0.3 is 5.97 Å². The molecule has 0 aromatic heterocycles. The molecule has 3 rings (SSSR count). The van der Waals surface area contributed by atoms with Crippen molar-refractivity contribution in [1.82, 2.24) is 9.80 Å². The summed E-state index contributed by atoms with van der Waals surface area (Å²) in [4.78, 5) is 28.8. The van der Waals surface area contributed by atoms with Crippen LogP contribution in [0.4, 0.5) is 0 Å². The van der Waals surface area contributed by atoms with Crippen molar-refractivity contribution in [1.29, 1.82) is 0 Å². The van der Waals surface area contributed by atoms with E-state index in [2.05, 4.69) is 4.90 Å². The van der Waals surface area contributed by atoms with E-state index in [0.29, 0.717) is 18.1 Å². The average Bonchev–Trinajstić information content (AvgIpc) is 2.94. The molecule has 2 aliphatic rings. The molecule has 142 valence electrons. The molecule has 2 atom stereocenters. The van der Waals surface area contributed by atoms with Crippen LogP contribution in [0.5, 0.6) is 0 Å². The van der Waals surface area contributed by atoms with E-state index in [4.69, 9.17) is 11.6 Å². The molecule has 1 N–H and O–H groups in total. The Kier molecular flexibility index (Phi) is 5.58. The largest absolute Gasteiger partial charge is 0.481 e. The Bertz CT molecular complexity index is 668. The number of hydrogen-bond donors (Lipinski definition) is 1. The van der Waals surface area contributed by atoms with Crippen molar-refractivity contribution in [2.75, 3.05) is 26.2 Å². The summed E-state index contributed by atoms with van der Waals surface area (Å²) < 4.78 is 0. The molecule has 1 aromatic carbocycles. The summed E-state index contributed by atoms with van der Waals surface area (Å²) in [6.45, 7) is 7.85. The van der Waals surface area contributed by atoms with Gasteiger partial charge in [-0.15, -0.1) is 0 Å². The van der Waals surface area contributed by atoms with E-state index in [0.717, 1.165) is 25.2 Å². The van der Waals surface area contributed by atoms with Gasteiger partial charge in [-0.2, -0.15) is 0 Å². The summed E-state index contributed by atoms with van der Waals surface area (Å²) in [5.74, 6) is -1.95. The summed E-state index contributed by atoms with van der Waals surface area (Å²) in [6.07, 6.45) is 2.42. The highest BCUT2D eigenvalue weighted by Gasteiger charge is 2.66. The van der Waals surface area contributed by atoms with Crippen LogP contribution in [0.15, 0.2) is 24.3 Å². The Balaban J connectivity index is 1.72. The number of likely N-dealkylation sites (tertiary alicyclic amines) is 1. The van der Waals surface area contributed by atoms with Crippen LogP contribution in [-0.2, 0) is 16.1 Å². The molecule has 6 heteroatoms. The van der Waals surface area contributed by atoms with Gasteiger partial charge in [-0.05, 0) is 49.0 Å². The van der Waals surface area contributed by atoms with Gasteiger partial charge in [0.1, 0.15) is 0 Å². The van der Waals surface area contributed by atoms with Crippen molar-refractivity contribution in [2.45, 2.75) is 33.2 Å². The van der Waals surface area contributed by atoms with Crippen molar-refractivity contribution in [3.8, 4) is 0 Å². The number of carbonyl (C=O) groups excluding carboxylic acids is 1. The topological polar surface area (TPSA) is 60.9 Å². The second-order valence-corrected chi connectivity index (χ2v) is 8.49. The lowest BCUT2D eigenvalue weighted by atomic mass is 10.1. The number of carboxylic acid groups (broad SMARTS) is 1. The summed E-state index contributed by atoms with van der Waals surface area (Å²) in [5.41, 5.74) is 0.531. The van der Waals surface area contributed by atoms with Crippen LogP contribution >= 0.6 is 11.6 Å². The van der Waals surface area contributed by atoms with Gasteiger partial charge in [-0.3, -0.25) is 9.59 Å². The number of carbonyl (C=O) groups is 2. The predicted octanol–water partition coefficient (Wildman–Crippen LogP) is 3.12. The zero-order chi connectivity index (χ0) is 18.9. The Labute approximate surface area is 159 Å². The molecule has 26 heavy (non-hydrogen) atoms. The Morgan fingerprint density at radius 3 is 2.35 bits per heavy atom. The van der Waals surface area contributed by atoms with Gasteiger partial charge in [0.15, 0.2) is 0 Å². The van der Waals surface area contributed by atoms with Crippen molar-refractivity contribution >= 4 is 23.5 Å². The van der Waals surface area contributed by atoms with Gasteiger partial charge in [-0.25, -0.2) is 0 Å². The van der Waals surface area contributed by atoms with Crippen molar-refractivity contribution in [3.05, 3.63) is 34.9 Å². The molecule has 1 aliphatic carbocycles. The molecule has 0 bridgehead atoms. The number of amides is 1. The molecule has 2 fully saturated rings. The van der Waals surface area contributed by atoms with E-state index < -0.39 is 23.2 Å². The van der Waals surface area contributed by atoms with Gasteiger partial charge in [0.05, 0.1) is 11.8 Å². The SMILES string of the molecule is CC1(C)[C@H](C(=O)O)[C@@H]1C(=O)N(CCN1CCCC1)Cc1ccc(Cl)cc1. The van der Waals surface area contributed by atoms with Crippen LogP contribution in [0.3, 0.4) is 0 Å². The first kappa shape index (κ1) is 19.2. The number of hydrogen-bond acceptors (Lipinski definition) is 3. The molecule has 1 heterocycles. The summed E-state index contributed by atoms with van der Waals surface area (Å²) in [7, 11) is 0. The zero-order valence-electron chi connectivity index (χ0n) is 15.4. The van der Waals surface area contributed by atoms with E-state index in [1.165, 1.54) is 12.8 Å². The maximum atomic E-state index is 13.1. The van der Waals surface area contributed by atoms with Gasteiger partial charge in [0, 0.05) is 24.7 Å². The smallest absolute Gasteiger partial charge is 0.307 e. The molecule has 5 nitrogen and oxygen atoms in total. The summed E-state index contributed by atoms with van der Waals surface area (Å²) >= 11 is 5.96. The molecule has 1 saturated carbocycles. The molecular weight excluding hydrogens is 352 g/mol. The van der Waals surface area contributed by atoms with Crippen molar-refractivity contribution in [2.24, 2.45) is 17.3 Å². The first-order valence-electron chi connectivity index (χ1n) is 9.29. The number of carboxylic acids is 1. The van der Waals surface area contributed by atoms with Crippen LogP contribution in [-0.4, -0.2) is 53.0 Å². The molecule has 1 saturated heterocycles. The van der Waals surface area contributed by atoms with Crippen molar-refractivity contribution in [3.63, 3.8) is 0 Å². The van der Waals surface area contributed by atoms with E-state index in [1.54, 1.807) is 0 Å². The molecule has 0 unspecified atom stereocenters. The number of rotatable bonds is 7. The Morgan fingerprint density at radius 1 is 1.19 bits per heavy atom. The first-order chi connectivity index (χ1) is 12.3. The third kappa shape index (κ3) is 4.04. The predicted molar refractivity (Wildman–Crippen MR) is 101 cm³/mol. The quantitative estimate of drug-likeness (QED) is 0.791. The number of benzene rings is 1. The first-order valence-corrected chi connectivity index (χ1v) is 9.67. The highest BCUT2D eigenvalue weighted by Crippen LogP contribution is 2.59. The third-order valence-corrected chi connectivity index (χ3v) is 6.09. The highest BCUT2D eigenvalue weighted by molar-refractivity contribution is 6.30. The lowest BCUT2D eigenvalue weighted by Crippen LogP contribution is -2.39. The summed E-state index contributed by atoms with van der Waals surface area (Å²) in [5, 5.41) is 10.1. The molecule has 0 radical (unpaired) electrons. The maximum Gasteiger partial charge on any atom is 0.307 e. The van der Waals surface area contributed by atoms with Crippen LogP contribution < -0.4 is 0 Å². The fraction of sp³-hybridized carbons (Fsp3) is 0.600.